The second kappa shape index (κ2) is 8.81. The number of rotatable bonds is 2. The number of epoxide rings is 1. The van der Waals surface area contributed by atoms with Crippen LogP contribution in [-0.2, 0) is 9.47 Å². The first-order chi connectivity index (χ1) is 19.0. The number of allylic oxidation sites excluding steroid dienone is 2. The zero-order chi connectivity index (χ0) is 29.5. The average Bonchev–Trinajstić information content (AvgIpc) is 3.68. The lowest BCUT2D eigenvalue weighted by Crippen LogP contribution is -2.66. The van der Waals surface area contributed by atoms with E-state index in [4.69, 9.17) is 9.47 Å². The molecule has 0 aromatic heterocycles. The lowest BCUT2D eigenvalue weighted by Gasteiger charge is -2.72. The fourth-order valence-corrected chi connectivity index (χ4v) is 12.5. The molecule has 2 heterocycles. The second-order valence-corrected chi connectivity index (χ2v) is 17.8. The van der Waals surface area contributed by atoms with Gasteiger partial charge in [0, 0.05) is 5.41 Å². The summed E-state index contributed by atoms with van der Waals surface area (Å²) in [5.41, 5.74) is 1.69. The van der Waals surface area contributed by atoms with Crippen molar-refractivity contribution < 1.29 is 29.9 Å². The molecule has 0 aromatic carbocycles. The van der Waals surface area contributed by atoms with Gasteiger partial charge in [0.05, 0.1) is 12.2 Å². The minimum absolute atomic E-state index is 0.0433. The maximum absolute atomic E-state index is 12.2. The highest BCUT2D eigenvalue weighted by Gasteiger charge is 2.70. The van der Waals surface area contributed by atoms with Crippen LogP contribution in [-0.4, -0.2) is 63.3 Å². The average molecular weight is 573 g/mol. The highest BCUT2D eigenvalue weighted by Crippen LogP contribution is 2.76. The quantitative estimate of drug-likeness (QED) is 0.263. The minimum Gasteiger partial charge on any atom is -0.393 e. The standard InChI is InChI=1S/C35H56O6/c1-30(2)14-16-35(28(39)26-24(37)25(38)27-29(40-26)41-27)17-15-33(6)19(20(35)18-30)8-9-22-32(5)12-11-23(36)31(3,4)21(32)10-13-34(22,33)7/h8,20-29,36-39H,9-18H2,1-7H3/t20?,21?,22?,23-,24?,25+,26+,27+,28?,29?,32-,33+,34+,35-/m0/s1. The monoisotopic (exact) mass is 572 g/mol. The van der Waals surface area contributed by atoms with E-state index < -0.39 is 36.8 Å². The first-order valence-corrected chi connectivity index (χ1v) is 16.8. The molecule has 6 nitrogen and oxygen atoms in total. The first kappa shape index (κ1) is 29.2. The van der Waals surface area contributed by atoms with E-state index >= 15 is 0 Å². The molecule has 4 saturated carbocycles. The van der Waals surface area contributed by atoms with Crippen molar-refractivity contribution in [2.24, 2.45) is 50.2 Å². The highest BCUT2D eigenvalue weighted by atomic mass is 16.8. The molecule has 14 atom stereocenters. The molecular weight excluding hydrogens is 516 g/mol. The van der Waals surface area contributed by atoms with Crippen LogP contribution in [0.3, 0.4) is 0 Å². The van der Waals surface area contributed by atoms with Crippen molar-refractivity contribution in [1.29, 1.82) is 0 Å². The zero-order valence-corrected chi connectivity index (χ0v) is 26.5. The molecule has 0 amide bonds. The van der Waals surface area contributed by atoms with Crippen molar-refractivity contribution in [2.45, 2.75) is 156 Å². The van der Waals surface area contributed by atoms with Crippen LogP contribution in [0, 0.1) is 50.2 Å². The van der Waals surface area contributed by atoms with Gasteiger partial charge in [0.2, 0.25) is 0 Å². The van der Waals surface area contributed by atoms with Crippen molar-refractivity contribution in [2.75, 3.05) is 0 Å². The summed E-state index contributed by atoms with van der Waals surface area (Å²) >= 11 is 0. The van der Waals surface area contributed by atoms with Gasteiger partial charge < -0.3 is 29.9 Å². The van der Waals surface area contributed by atoms with E-state index in [1.54, 1.807) is 5.57 Å². The summed E-state index contributed by atoms with van der Waals surface area (Å²) in [6.07, 6.45) is 7.89. The number of hydrogen-bond donors (Lipinski definition) is 4. The smallest absolute Gasteiger partial charge is 0.187 e. The van der Waals surface area contributed by atoms with Gasteiger partial charge in [-0.25, -0.2) is 0 Å². The fourth-order valence-electron chi connectivity index (χ4n) is 12.5. The van der Waals surface area contributed by atoms with Crippen molar-refractivity contribution in [1.82, 2.24) is 0 Å². The Labute approximate surface area is 247 Å². The minimum atomic E-state index is -1.14. The number of ether oxygens (including phenoxy) is 2. The van der Waals surface area contributed by atoms with Gasteiger partial charge in [-0.05, 0) is 109 Å². The van der Waals surface area contributed by atoms with E-state index in [0.717, 1.165) is 51.4 Å². The summed E-state index contributed by atoms with van der Waals surface area (Å²) in [5, 5.41) is 45.0. The summed E-state index contributed by atoms with van der Waals surface area (Å²) in [7, 11) is 0. The normalized spacial score (nSPS) is 57.5. The van der Waals surface area contributed by atoms with Gasteiger partial charge >= 0.3 is 0 Å². The molecule has 41 heavy (non-hydrogen) atoms. The predicted octanol–water partition coefficient (Wildman–Crippen LogP) is 5.36. The van der Waals surface area contributed by atoms with Crippen LogP contribution in [0.4, 0.5) is 0 Å². The Balaban J connectivity index is 1.28. The highest BCUT2D eigenvalue weighted by molar-refractivity contribution is 5.34. The molecule has 0 radical (unpaired) electrons. The number of aliphatic hydroxyl groups is 4. The summed E-state index contributed by atoms with van der Waals surface area (Å²) in [5.74, 6) is 1.32. The van der Waals surface area contributed by atoms with Gasteiger partial charge in [0.25, 0.3) is 0 Å². The number of aliphatic hydroxyl groups excluding tert-OH is 4. The SMILES string of the molecule is CC1(C)CC[C@]2(C(O)[C@@H]3OC4O[C@@H]4[C@H](O)C3O)CC[C@]3(C)C(=CCC4[C@@]5(C)CC[C@H](O)C(C)(C)C5CC[C@]43C)C2C1. The first-order valence-electron chi connectivity index (χ1n) is 16.8. The van der Waals surface area contributed by atoms with Gasteiger partial charge in [-0.15, -0.1) is 0 Å². The third-order valence-electron chi connectivity index (χ3n) is 15.4. The van der Waals surface area contributed by atoms with E-state index in [0.29, 0.717) is 11.8 Å². The van der Waals surface area contributed by atoms with E-state index in [9.17, 15) is 20.4 Å². The van der Waals surface area contributed by atoms with Crippen LogP contribution < -0.4 is 0 Å². The van der Waals surface area contributed by atoms with Crippen LogP contribution in [0.25, 0.3) is 0 Å². The molecule has 6 heteroatoms. The van der Waals surface area contributed by atoms with Crippen molar-refractivity contribution in [3.8, 4) is 0 Å². The Morgan fingerprint density at radius 2 is 1.51 bits per heavy atom. The molecule has 6 unspecified atom stereocenters. The van der Waals surface area contributed by atoms with Gasteiger partial charge in [-0.2, -0.15) is 0 Å². The molecule has 232 valence electrons. The molecule has 0 aromatic rings. The second-order valence-electron chi connectivity index (χ2n) is 17.8. The van der Waals surface area contributed by atoms with Gasteiger partial charge in [-0.3, -0.25) is 0 Å². The Morgan fingerprint density at radius 1 is 0.805 bits per heavy atom. The third kappa shape index (κ3) is 3.70. The van der Waals surface area contributed by atoms with E-state index in [2.05, 4.69) is 54.5 Å². The summed E-state index contributed by atoms with van der Waals surface area (Å²) in [6.45, 7) is 17.1. The molecule has 7 rings (SSSR count). The van der Waals surface area contributed by atoms with Crippen LogP contribution in [0.5, 0.6) is 0 Å². The fraction of sp³-hybridized carbons (Fsp3) is 0.943. The van der Waals surface area contributed by atoms with Gasteiger partial charge in [-0.1, -0.05) is 60.1 Å². The number of fused-ring (bicyclic) bond motifs is 8. The van der Waals surface area contributed by atoms with Crippen molar-refractivity contribution in [3.63, 3.8) is 0 Å². The molecule has 2 saturated heterocycles. The molecular formula is C35H56O6. The van der Waals surface area contributed by atoms with Crippen molar-refractivity contribution in [3.05, 3.63) is 11.6 Å². The Morgan fingerprint density at radius 3 is 2.24 bits per heavy atom. The summed E-state index contributed by atoms with van der Waals surface area (Å²) < 4.78 is 11.6. The largest absolute Gasteiger partial charge is 0.393 e. The van der Waals surface area contributed by atoms with Crippen LogP contribution in [0.1, 0.15) is 113 Å². The molecule has 0 bridgehead atoms. The summed E-state index contributed by atoms with van der Waals surface area (Å²) in [6, 6.07) is 0. The van der Waals surface area contributed by atoms with Crippen LogP contribution in [0.2, 0.25) is 0 Å². The molecule has 4 N–H and O–H groups in total. The van der Waals surface area contributed by atoms with Crippen molar-refractivity contribution >= 4 is 0 Å². The summed E-state index contributed by atoms with van der Waals surface area (Å²) in [4.78, 5) is 0. The van der Waals surface area contributed by atoms with Crippen LogP contribution >= 0.6 is 0 Å². The topological polar surface area (TPSA) is 103 Å². The Kier molecular flexibility index (Phi) is 6.28. The lowest BCUT2D eigenvalue weighted by atomic mass is 9.33. The van der Waals surface area contributed by atoms with Gasteiger partial charge in [0.1, 0.15) is 24.4 Å². The zero-order valence-electron chi connectivity index (χ0n) is 26.5. The van der Waals surface area contributed by atoms with Crippen LogP contribution in [0.15, 0.2) is 11.6 Å². The Bertz CT molecular complexity index is 1120. The third-order valence-corrected chi connectivity index (χ3v) is 15.4. The lowest BCUT2D eigenvalue weighted by molar-refractivity contribution is -0.229. The Hall–Kier alpha value is -0.500. The molecule has 2 aliphatic heterocycles. The maximum atomic E-state index is 12.2. The molecule has 5 aliphatic carbocycles. The molecule has 0 spiro atoms. The van der Waals surface area contributed by atoms with E-state index in [-0.39, 0.29) is 44.5 Å². The predicted molar refractivity (Wildman–Crippen MR) is 157 cm³/mol. The van der Waals surface area contributed by atoms with Gasteiger partial charge in [0.15, 0.2) is 6.29 Å². The molecule has 6 fully saturated rings. The maximum Gasteiger partial charge on any atom is 0.187 e. The number of hydrogen-bond acceptors (Lipinski definition) is 6. The van der Waals surface area contributed by atoms with E-state index in [1.807, 2.05) is 0 Å². The van der Waals surface area contributed by atoms with E-state index in [1.165, 1.54) is 12.8 Å². The molecule has 7 aliphatic rings.